The molecule has 0 aliphatic heterocycles. The molecule has 1 saturated carbocycles. The van der Waals surface area contributed by atoms with E-state index in [1.807, 2.05) is 48.5 Å². The van der Waals surface area contributed by atoms with E-state index in [1.54, 1.807) is 18.5 Å². The van der Waals surface area contributed by atoms with E-state index in [1.165, 1.54) is 0 Å². The normalized spacial score (nSPS) is 15.1. The fraction of sp³-hybridized carbons (Fsp3) is 0.182. The smallest absolute Gasteiger partial charge is 0.275 e. The highest BCUT2D eigenvalue weighted by Crippen LogP contribution is 2.42. The monoisotopic (exact) mass is 358 g/mol. The first-order valence-electron chi connectivity index (χ1n) is 9.07. The van der Waals surface area contributed by atoms with Crippen molar-refractivity contribution in [3.05, 3.63) is 78.1 Å². The van der Waals surface area contributed by atoms with Crippen LogP contribution in [0, 0.1) is 5.92 Å². The Bertz CT molecular complexity index is 1120. The summed E-state index contributed by atoms with van der Waals surface area (Å²) in [5.74, 6) is 0.158. The molecule has 0 spiro atoms. The number of carbonyl (C=O) groups excluding carboxylic acids is 1. The van der Waals surface area contributed by atoms with Crippen LogP contribution in [-0.4, -0.2) is 10.9 Å². The van der Waals surface area contributed by atoms with Gasteiger partial charge in [0.2, 0.25) is 0 Å². The lowest BCUT2D eigenvalue weighted by atomic mass is 10.1. The summed E-state index contributed by atoms with van der Waals surface area (Å²) < 4.78 is 5.86. The zero-order valence-electron chi connectivity index (χ0n) is 14.6. The van der Waals surface area contributed by atoms with Crippen LogP contribution in [0.3, 0.4) is 0 Å². The lowest BCUT2D eigenvalue weighted by molar-refractivity contribution is -0.0276. The Hall–Kier alpha value is -3.18. The molecule has 5 heteroatoms. The van der Waals surface area contributed by atoms with Crippen molar-refractivity contribution < 1.29 is 14.0 Å². The molecule has 2 aromatic carbocycles. The molecule has 5 rings (SSSR count). The standard InChI is InChI=1S/C22H18N2O3/c25-22(24-27-21(14-8-9-14)15-10-12-23-13-11-15)17-5-3-7-19-20(17)16-4-1-2-6-18(16)26-19/h1-7,10-14,21H,8-9H2,(H,24,25). The predicted molar refractivity (Wildman–Crippen MR) is 102 cm³/mol. The highest BCUT2D eigenvalue weighted by molar-refractivity contribution is 6.16. The summed E-state index contributed by atoms with van der Waals surface area (Å²) in [4.78, 5) is 22.8. The Morgan fingerprint density at radius 3 is 2.63 bits per heavy atom. The highest BCUT2D eigenvalue weighted by atomic mass is 16.7. The number of hydroxylamine groups is 1. The van der Waals surface area contributed by atoms with Gasteiger partial charge in [0.05, 0.1) is 5.56 Å². The van der Waals surface area contributed by atoms with Gasteiger partial charge in [-0.1, -0.05) is 24.3 Å². The predicted octanol–water partition coefficient (Wildman–Crippen LogP) is 4.79. The number of nitrogens with one attached hydrogen (secondary N) is 1. The molecule has 1 atom stereocenters. The second-order valence-corrected chi connectivity index (χ2v) is 6.86. The number of hydrogen-bond acceptors (Lipinski definition) is 4. The van der Waals surface area contributed by atoms with Gasteiger partial charge in [0, 0.05) is 23.2 Å². The zero-order chi connectivity index (χ0) is 18.2. The van der Waals surface area contributed by atoms with Gasteiger partial charge >= 0.3 is 0 Å². The van der Waals surface area contributed by atoms with Crippen LogP contribution in [0.5, 0.6) is 0 Å². The summed E-state index contributed by atoms with van der Waals surface area (Å²) in [6.07, 6.45) is 5.54. The fourth-order valence-electron chi connectivity index (χ4n) is 3.52. The number of benzene rings is 2. The van der Waals surface area contributed by atoms with Crippen LogP contribution < -0.4 is 5.48 Å². The van der Waals surface area contributed by atoms with E-state index >= 15 is 0 Å². The number of amides is 1. The van der Waals surface area contributed by atoms with E-state index in [4.69, 9.17) is 9.25 Å². The summed E-state index contributed by atoms with van der Waals surface area (Å²) >= 11 is 0. The number of carbonyl (C=O) groups is 1. The molecule has 1 N–H and O–H groups in total. The quantitative estimate of drug-likeness (QED) is 0.521. The molecule has 0 saturated heterocycles. The van der Waals surface area contributed by atoms with Gasteiger partial charge in [0.15, 0.2) is 0 Å². The molecule has 4 aromatic rings. The van der Waals surface area contributed by atoms with Crippen molar-refractivity contribution in [1.82, 2.24) is 10.5 Å². The third-order valence-electron chi connectivity index (χ3n) is 5.01. The minimum Gasteiger partial charge on any atom is -0.456 e. The third kappa shape index (κ3) is 2.96. The molecule has 0 bridgehead atoms. The first-order valence-corrected chi connectivity index (χ1v) is 9.07. The van der Waals surface area contributed by atoms with Crippen molar-refractivity contribution in [2.75, 3.05) is 0 Å². The van der Waals surface area contributed by atoms with Crippen molar-refractivity contribution in [2.24, 2.45) is 5.92 Å². The van der Waals surface area contributed by atoms with E-state index in [0.29, 0.717) is 17.1 Å². The molecule has 1 amide bonds. The molecule has 1 unspecified atom stereocenters. The van der Waals surface area contributed by atoms with Crippen LogP contribution in [0.25, 0.3) is 21.9 Å². The summed E-state index contributed by atoms with van der Waals surface area (Å²) in [6.45, 7) is 0. The van der Waals surface area contributed by atoms with Crippen molar-refractivity contribution in [2.45, 2.75) is 18.9 Å². The van der Waals surface area contributed by atoms with Gasteiger partial charge in [-0.05, 0) is 54.7 Å². The van der Waals surface area contributed by atoms with Crippen LogP contribution in [0.4, 0.5) is 0 Å². The van der Waals surface area contributed by atoms with Crippen LogP contribution in [-0.2, 0) is 4.84 Å². The van der Waals surface area contributed by atoms with Crippen molar-refractivity contribution in [3.8, 4) is 0 Å². The number of rotatable bonds is 5. The minimum atomic E-state index is -0.271. The molecule has 27 heavy (non-hydrogen) atoms. The van der Waals surface area contributed by atoms with Gasteiger partial charge in [-0.3, -0.25) is 14.6 Å². The molecule has 1 aliphatic rings. The van der Waals surface area contributed by atoms with E-state index in [0.717, 1.165) is 34.8 Å². The van der Waals surface area contributed by atoms with E-state index in [-0.39, 0.29) is 12.0 Å². The summed E-state index contributed by atoms with van der Waals surface area (Å²) in [7, 11) is 0. The lowest BCUT2D eigenvalue weighted by Crippen LogP contribution is -2.27. The average Bonchev–Trinajstić information content (AvgIpc) is 3.48. The molecule has 2 heterocycles. The maximum atomic E-state index is 12.9. The second kappa shape index (κ2) is 6.52. The van der Waals surface area contributed by atoms with Gasteiger partial charge in [0.25, 0.3) is 5.91 Å². The second-order valence-electron chi connectivity index (χ2n) is 6.86. The highest BCUT2D eigenvalue weighted by Gasteiger charge is 2.34. The topological polar surface area (TPSA) is 64.4 Å². The van der Waals surface area contributed by atoms with E-state index < -0.39 is 0 Å². The number of nitrogens with zero attached hydrogens (tertiary/aromatic N) is 1. The van der Waals surface area contributed by atoms with Crippen LogP contribution >= 0.6 is 0 Å². The Kier molecular flexibility index (Phi) is 3.87. The third-order valence-corrected chi connectivity index (χ3v) is 5.01. The van der Waals surface area contributed by atoms with Crippen molar-refractivity contribution in [1.29, 1.82) is 0 Å². The Morgan fingerprint density at radius 1 is 1.04 bits per heavy atom. The number of fused-ring (bicyclic) bond motifs is 3. The number of pyridine rings is 1. The van der Waals surface area contributed by atoms with Gasteiger partial charge in [-0.25, -0.2) is 5.48 Å². The molecule has 2 aromatic heterocycles. The Morgan fingerprint density at radius 2 is 1.81 bits per heavy atom. The van der Waals surface area contributed by atoms with E-state index in [9.17, 15) is 4.79 Å². The molecule has 1 aliphatic carbocycles. The SMILES string of the molecule is O=C(NOC(c1ccncc1)C1CC1)c1cccc2oc3ccccc3c12. The molecule has 0 radical (unpaired) electrons. The Labute approximate surface area is 155 Å². The minimum absolute atomic E-state index is 0.155. The first-order chi connectivity index (χ1) is 13.3. The van der Waals surface area contributed by atoms with Crippen LogP contribution in [0.1, 0.15) is 34.9 Å². The molecule has 1 fully saturated rings. The zero-order valence-corrected chi connectivity index (χ0v) is 14.6. The molecule has 5 nitrogen and oxygen atoms in total. The average molecular weight is 358 g/mol. The molecular formula is C22H18N2O3. The number of aromatic nitrogens is 1. The number of para-hydroxylation sites is 1. The van der Waals surface area contributed by atoms with E-state index in [2.05, 4.69) is 10.5 Å². The first kappa shape index (κ1) is 16.0. The molecular weight excluding hydrogens is 340 g/mol. The maximum Gasteiger partial charge on any atom is 0.275 e. The van der Waals surface area contributed by atoms with Gasteiger partial charge in [-0.15, -0.1) is 0 Å². The van der Waals surface area contributed by atoms with Gasteiger partial charge in [-0.2, -0.15) is 0 Å². The molecule has 134 valence electrons. The van der Waals surface area contributed by atoms with Crippen molar-refractivity contribution >= 4 is 27.8 Å². The van der Waals surface area contributed by atoms with Crippen LogP contribution in [0.2, 0.25) is 0 Å². The fourth-order valence-corrected chi connectivity index (χ4v) is 3.52. The Balaban J connectivity index is 1.44. The number of furan rings is 1. The van der Waals surface area contributed by atoms with Crippen LogP contribution in [0.15, 0.2) is 71.4 Å². The maximum absolute atomic E-state index is 12.9. The lowest BCUT2D eigenvalue weighted by Gasteiger charge is -2.17. The summed E-state index contributed by atoms with van der Waals surface area (Å²) in [5.41, 5.74) is 5.69. The van der Waals surface area contributed by atoms with Gasteiger partial charge < -0.3 is 4.42 Å². The summed E-state index contributed by atoms with van der Waals surface area (Å²) in [5, 5.41) is 1.73. The van der Waals surface area contributed by atoms with Gasteiger partial charge in [0.1, 0.15) is 17.3 Å². The number of hydrogen-bond donors (Lipinski definition) is 1. The van der Waals surface area contributed by atoms with Crippen molar-refractivity contribution in [3.63, 3.8) is 0 Å². The summed E-state index contributed by atoms with van der Waals surface area (Å²) in [6, 6.07) is 17.1. The largest absolute Gasteiger partial charge is 0.456 e.